The van der Waals surface area contributed by atoms with Crippen molar-refractivity contribution >= 4 is 32.7 Å². The highest BCUT2D eigenvalue weighted by atomic mass is 32.2. The maximum absolute atomic E-state index is 11.7. The Morgan fingerprint density at radius 3 is 1.62 bits per heavy atom. The maximum atomic E-state index is 11.7. The van der Waals surface area contributed by atoms with Crippen LogP contribution in [0.15, 0.2) is 36.4 Å². The molecule has 2 aromatic carbocycles. The van der Waals surface area contributed by atoms with E-state index < -0.39 is 27.4 Å². The predicted molar refractivity (Wildman–Crippen MR) is 73.8 cm³/mol. The van der Waals surface area contributed by atoms with Crippen molar-refractivity contribution in [2.45, 2.75) is 5.51 Å². The Morgan fingerprint density at radius 1 is 0.917 bits per heavy atom. The highest BCUT2D eigenvalue weighted by Gasteiger charge is 2.44. The number of halogens is 3. The van der Waals surface area contributed by atoms with Crippen LogP contribution in [0.25, 0.3) is 10.8 Å². The number of amides is 2. The Labute approximate surface area is 132 Å². The number of hydroxylamine groups is 2. The van der Waals surface area contributed by atoms with E-state index in [1.165, 1.54) is 0 Å². The van der Waals surface area contributed by atoms with Gasteiger partial charge in [0, 0.05) is 5.39 Å². The largest absolute Gasteiger partial charge is 0.522 e. The van der Waals surface area contributed by atoms with Gasteiger partial charge in [-0.15, -0.1) is 5.06 Å². The van der Waals surface area contributed by atoms with Crippen LogP contribution >= 0.6 is 0 Å². The Morgan fingerprint density at radius 2 is 1.29 bits per heavy atom. The third-order valence-electron chi connectivity index (χ3n) is 3.04. The number of hydrogen-bond acceptors (Lipinski definition) is 5. The van der Waals surface area contributed by atoms with Crippen LogP contribution in [0.4, 0.5) is 13.2 Å². The SMILES string of the molecule is O=C1c2cccc3cccc(c23)C(=O)N1O.O=S(=O)(O)C(F)(F)F. The van der Waals surface area contributed by atoms with E-state index in [1.54, 1.807) is 24.3 Å². The molecular formula is C13H8F3NO6S. The van der Waals surface area contributed by atoms with Gasteiger partial charge >= 0.3 is 15.6 Å². The molecule has 2 amide bonds. The summed E-state index contributed by atoms with van der Waals surface area (Å²) in [4.78, 5) is 23.3. The van der Waals surface area contributed by atoms with Gasteiger partial charge in [-0.25, -0.2) is 0 Å². The minimum Gasteiger partial charge on any atom is -0.279 e. The maximum Gasteiger partial charge on any atom is 0.522 e. The average Bonchev–Trinajstić information content (AvgIpc) is 2.49. The van der Waals surface area contributed by atoms with E-state index in [0.29, 0.717) is 16.5 Å². The highest BCUT2D eigenvalue weighted by molar-refractivity contribution is 7.86. The van der Waals surface area contributed by atoms with Gasteiger partial charge in [0.1, 0.15) is 0 Å². The zero-order valence-electron chi connectivity index (χ0n) is 11.5. The molecule has 0 aliphatic carbocycles. The summed E-state index contributed by atoms with van der Waals surface area (Å²) >= 11 is 0. The van der Waals surface area contributed by atoms with Gasteiger partial charge in [-0.1, -0.05) is 24.3 Å². The molecule has 7 nitrogen and oxygen atoms in total. The summed E-state index contributed by atoms with van der Waals surface area (Å²) in [6.07, 6.45) is 0. The van der Waals surface area contributed by atoms with Gasteiger partial charge in [0.25, 0.3) is 11.8 Å². The standard InChI is InChI=1S/C12H7NO3.CHF3O3S/c14-11-8-5-1-3-7-4-2-6-9(10(7)8)12(15)13(11)16;2-1(3,4)8(5,6)7/h1-6,16H;(H,5,6,7). The van der Waals surface area contributed by atoms with E-state index in [1.807, 2.05) is 12.1 Å². The molecule has 2 N–H and O–H groups in total. The molecule has 3 rings (SSSR count). The molecule has 0 saturated carbocycles. The number of benzene rings is 2. The molecule has 1 heterocycles. The number of carbonyl (C=O) groups excluding carboxylic acids is 2. The van der Waals surface area contributed by atoms with Crippen molar-refractivity contribution in [3.63, 3.8) is 0 Å². The second-order valence-corrected chi connectivity index (χ2v) is 5.97. The first kappa shape index (κ1) is 17.8. The minimum absolute atomic E-state index is 0.164. The molecule has 0 saturated heterocycles. The molecule has 1 aliphatic heterocycles. The van der Waals surface area contributed by atoms with Crippen molar-refractivity contribution < 1.29 is 40.9 Å². The van der Waals surface area contributed by atoms with E-state index in [4.69, 9.17) is 13.0 Å². The smallest absolute Gasteiger partial charge is 0.279 e. The lowest BCUT2D eigenvalue weighted by molar-refractivity contribution is -0.0510. The lowest BCUT2D eigenvalue weighted by atomic mass is 9.95. The van der Waals surface area contributed by atoms with Gasteiger partial charge in [0.15, 0.2) is 0 Å². The first-order valence-corrected chi connectivity index (χ1v) is 7.52. The predicted octanol–water partition coefficient (Wildman–Crippen LogP) is 2.22. The average molecular weight is 363 g/mol. The van der Waals surface area contributed by atoms with Crippen LogP contribution in [0.2, 0.25) is 0 Å². The van der Waals surface area contributed by atoms with Crippen LogP contribution in [0, 0.1) is 0 Å². The fourth-order valence-electron chi connectivity index (χ4n) is 2.02. The molecule has 0 bridgehead atoms. The van der Waals surface area contributed by atoms with Gasteiger partial charge in [0.2, 0.25) is 0 Å². The van der Waals surface area contributed by atoms with Crippen molar-refractivity contribution in [3.05, 3.63) is 47.5 Å². The van der Waals surface area contributed by atoms with Crippen LogP contribution in [0.1, 0.15) is 20.7 Å². The quantitative estimate of drug-likeness (QED) is 0.321. The summed E-state index contributed by atoms with van der Waals surface area (Å²) in [5.74, 6) is -1.34. The fraction of sp³-hybridized carbons (Fsp3) is 0.0769. The Balaban J connectivity index is 0.000000224. The summed E-state index contributed by atoms with van der Waals surface area (Å²) in [5.41, 5.74) is -4.82. The van der Waals surface area contributed by atoms with Crippen molar-refractivity contribution in [1.29, 1.82) is 0 Å². The van der Waals surface area contributed by atoms with Crippen molar-refractivity contribution in [2.75, 3.05) is 0 Å². The topological polar surface area (TPSA) is 112 Å². The summed E-state index contributed by atoms with van der Waals surface area (Å²) in [5, 5.41) is 11.0. The fourth-order valence-corrected chi connectivity index (χ4v) is 2.02. The van der Waals surface area contributed by atoms with Crippen molar-refractivity contribution in [3.8, 4) is 0 Å². The lowest BCUT2D eigenvalue weighted by Gasteiger charge is -2.21. The van der Waals surface area contributed by atoms with Gasteiger partial charge in [-0.05, 0) is 17.5 Å². The molecule has 0 aromatic heterocycles. The first-order chi connectivity index (χ1) is 10.9. The molecule has 0 fully saturated rings. The normalized spacial score (nSPS) is 14.5. The van der Waals surface area contributed by atoms with Gasteiger partial charge in [0.05, 0.1) is 11.1 Å². The Bertz CT molecular complexity index is 888. The third-order valence-corrected chi connectivity index (χ3v) is 3.63. The molecule has 0 radical (unpaired) electrons. The minimum atomic E-state index is -5.84. The molecule has 0 unspecified atom stereocenters. The van der Waals surface area contributed by atoms with E-state index >= 15 is 0 Å². The van der Waals surface area contributed by atoms with Crippen LogP contribution in [-0.4, -0.2) is 40.6 Å². The van der Waals surface area contributed by atoms with E-state index in [-0.39, 0.29) is 5.06 Å². The van der Waals surface area contributed by atoms with Crippen LogP contribution in [0.3, 0.4) is 0 Å². The highest BCUT2D eigenvalue weighted by Crippen LogP contribution is 2.28. The summed E-state index contributed by atoms with van der Waals surface area (Å²) in [7, 11) is -5.84. The number of carbonyl (C=O) groups is 2. The Hall–Kier alpha value is -2.50. The van der Waals surface area contributed by atoms with Crippen LogP contribution in [0.5, 0.6) is 0 Å². The lowest BCUT2D eigenvalue weighted by Crippen LogP contribution is -2.37. The van der Waals surface area contributed by atoms with Gasteiger partial charge in [-0.3, -0.25) is 19.3 Å². The molecule has 2 aromatic rings. The molecule has 24 heavy (non-hydrogen) atoms. The van der Waals surface area contributed by atoms with E-state index in [9.17, 15) is 28.0 Å². The third kappa shape index (κ3) is 3.09. The van der Waals surface area contributed by atoms with Crippen LogP contribution < -0.4 is 0 Å². The molecule has 0 atom stereocenters. The van der Waals surface area contributed by atoms with E-state index in [0.717, 1.165) is 5.39 Å². The molecule has 1 aliphatic rings. The summed E-state index contributed by atoms with van der Waals surface area (Å²) < 4.78 is 57.5. The summed E-state index contributed by atoms with van der Waals surface area (Å²) in [6.45, 7) is 0. The Kier molecular flexibility index (Phi) is 4.35. The van der Waals surface area contributed by atoms with Gasteiger partial charge < -0.3 is 0 Å². The van der Waals surface area contributed by atoms with E-state index in [2.05, 4.69) is 0 Å². The number of rotatable bonds is 0. The number of nitrogens with zero attached hydrogens (tertiary/aromatic N) is 1. The second-order valence-electron chi connectivity index (χ2n) is 4.55. The molecule has 0 spiro atoms. The second kappa shape index (κ2) is 5.85. The molecule has 11 heteroatoms. The zero-order chi connectivity index (χ0) is 18.3. The number of imide groups is 1. The number of hydrogen-bond donors (Lipinski definition) is 2. The van der Waals surface area contributed by atoms with Crippen molar-refractivity contribution in [2.24, 2.45) is 0 Å². The first-order valence-electron chi connectivity index (χ1n) is 6.08. The molecular weight excluding hydrogens is 355 g/mol. The van der Waals surface area contributed by atoms with Crippen molar-refractivity contribution in [1.82, 2.24) is 5.06 Å². The van der Waals surface area contributed by atoms with Crippen LogP contribution in [-0.2, 0) is 10.1 Å². The number of alkyl halides is 3. The monoisotopic (exact) mass is 363 g/mol. The molecule has 128 valence electrons. The van der Waals surface area contributed by atoms with Gasteiger partial charge in [-0.2, -0.15) is 21.6 Å². The summed E-state index contributed by atoms with van der Waals surface area (Å²) in [6, 6.07) is 10.3. The zero-order valence-corrected chi connectivity index (χ0v) is 12.3.